The maximum absolute atomic E-state index is 13.3. The van der Waals surface area contributed by atoms with E-state index in [0.29, 0.717) is 0 Å². The van der Waals surface area contributed by atoms with Crippen molar-refractivity contribution in [2.75, 3.05) is 6.61 Å². The Kier molecular flexibility index (Phi) is 3.39. The smallest absolute Gasteiger partial charge is 0.356 e. The number of hydrogen-bond acceptors (Lipinski definition) is 6. The van der Waals surface area contributed by atoms with Crippen LogP contribution < -0.4 is 0 Å². The van der Waals surface area contributed by atoms with Crippen molar-refractivity contribution < 1.29 is 42.0 Å². The molecule has 128 valence electrons. The first-order valence-corrected chi connectivity index (χ1v) is 6.99. The van der Waals surface area contributed by atoms with Crippen LogP contribution in [0.1, 0.15) is 27.7 Å². The third-order valence-corrected chi connectivity index (χ3v) is 3.96. The minimum Gasteiger partial charge on any atom is -0.356 e. The molecule has 3 rings (SSSR count). The van der Waals surface area contributed by atoms with Gasteiger partial charge in [0.05, 0.1) is 6.61 Å². The summed E-state index contributed by atoms with van der Waals surface area (Å²) in [6, 6.07) is 0. The maximum Gasteiger partial charge on any atom is 0.446 e. The molecule has 3 aliphatic rings. The Hall–Kier alpha value is -0.450. The van der Waals surface area contributed by atoms with Gasteiger partial charge in [-0.2, -0.15) is 13.2 Å². The zero-order valence-corrected chi connectivity index (χ0v) is 12.6. The van der Waals surface area contributed by atoms with Crippen LogP contribution in [0.2, 0.25) is 0 Å². The number of alkyl halides is 3. The summed E-state index contributed by atoms with van der Waals surface area (Å²) >= 11 is 0. The number of ether oxygens (including phenoxy) is 5. The lowest BCUT2D eigenvalue weighted by Gasteiger charge is -2.32. The van der Waals surface area contributed by atoms with Gasteiger partial charge in [-0.05, 0) is 27.7 Å². The van der Waals surface area contributed by atoms with Crippen molar-refractivity contribution in [1.82, 2.24) is 0 Å². The van der Waals surface area contributed by atoms with Crippen molar-refractivity contribution in [2.45, 2.75) is 75.6 Å². The predicted molar refractivity (Wildman–Crippen MR) is 64.6 cm³/mol. The van der Waals surface area contributed by atoms with Gasteiger partial charge in [0.25, 0.3) is 5.79 Å². The second-order valence-corrected chi connectivity index (χ2v) is 6.66. The molecule has 1 N–H and O–H groups in total. The first-order valence-electron chi connectivity index (χ1n) is 6.99. The molecule has 6 nitrogen and oxygen atoms in total. The number of halogens is 3. The number of hydrogen-bond donors (Lipinski definition) is 1. The van der Waals surface area contributed by atoms with E-state index in [1.165, 1.54) is 13.8 Å². The standard InChI is InChI=1S/C13H19F3O6/c1-10(2)18-5-6(19-10)7-8-9(22-11(3,4)20-8)12(17,21-7)13(14,15)16/h6-9,17H,5H2,1-4H3/t6-,7-,8+,9+,12?/m1/s1. The fourth-order valence-electron chi connectivity index (χ4n) is 3.07. The lowest BCUT2D eigenvalue weighted by Crippen LogP contribution is -2.54. The Morgan fingerprint density at radius 2 is 1.55 bits per heavy atom. The molecule has 1 unspecified atom stereocenters. The van der Waals surface area contributed by atoms with Crippen molar-refractivity contribution in [1.29, 1.82) is 0 Å². The van der Waals surface area contributed by atoms with Crippen LogP contribution in [0.15, 0.2) is 0 Å². The Labute approximate surface area is 125 Å². The SMILES string of the molecule is CC1(C)OC[C@H]([C@H]2OC(O)(C(F)(F)F)[C@H]3OC(C)(C)O[C@@H]23)O1. The molecule has 3 saturated heterocycles. The molecular formula is C13H19F3O6. The van der Waals surface area contributed by atoms with Crippen LogP contribution in [-0.4, -0.2) is 59.7 Å². The van der Waals surface area contributed by atoms with Gasteiger partial charge < -0.3 is 28.8 Å². The zero-order valence-electron chi connectivity index (χ0n) is 12.6. The van der Waals surface area contributed by atoms with Gasteiger partial charge in [0.1, 0.15) is 18.3 Å². The third-order valence-electron chi connectivity index (χ3n) is 3.96. The van der Waals surface area contributed by atoms with E-state index in [-0.39, 0.29) is 6.61 Å². The minimum absolute atomic E-state index is 0.0403. The van der Waals surface area contributed by atoms with Crippen molar-refractivity contribution in [3.05, 3.63) is 0 Å². The van der Waals surface area contributed by atoms with Gasteiger partial charge in [0, 0.05) is 0 Å². The highest BCUT2D eigenvalue weighted by atomic mass is 19.4. The Morgan fingerprint density at radius 3 is 2.05 bits per heavy atom. The van der Waals surface area contributed by atoms with E-state index in [4.69, 9.17) is 23.7 Å². The minimum atomic E-state index is -5.02. The summed E-state index contributed by atoms with van der Waals surface area (Å²) in [5, 5.41) is 10.0. The summed E-state index contributed by atoms with van der Waals surface area (Å²) in [7, 11) is 0. The van der Waals surface area contributed by atoms with Crippen LogP contribution in [0.5, 0.6) is 0 Å². The van der Waals surface area contributed by atoms with Crippen molar-refractivity contribution >= 4 is 0 Å². The van der Waals surface area contributed by atoms with E-state index < -0.39 is 48.0 Å². The second kappa shape index (κ2) is 4.55. The van der Waals surface area contributed by atoms with Gasteiger partial charge in [0.2, 0.25) is 0 Å². The quantitative estimate of drug-likeness (QED) is 0.783. The molecular weight excluding hydrogens is 309 g/mol. The molecule has 5 atom stereocenters. The van der Waals surface area contributed by atoms with Crippen LogP contribution >= 0.6 is 0 Å². The van der Waals surface area contributed by atoms with E-state index in [1.54, 1.807) is 13.8 Å². The highest BCUT2D eigenvalue weighted by molar-refractivity contribution is 5.07. The molecule has 9 heteroatoms. The van der Waals surface area contributed by atoms with Crippen molar-refractivity contribution in [3.8, 4) is 0 Å². The van der Waals surface area contributed by atoms with Gasteiger partial charge in [0.15, 0.2) is 17.7 Å². The number of fused-ring (bicyclic) bond motifs is 1. The molecule has 3 aliphatic heterocycles. The first-order chi connectivity index (χ1) is 9.85. The summed E-state index contributed by atoms with van der Waals surface area (Å²) in [5.74, 6) is -5.63. The Balaban J connectivity index is 1.90. The second-order valence-electron chi connectivity index (χ2n) is 6.66. The number of rotatable bonds is 1. The lowest BCUT2D eigenvalue weighted by atomic mass is 10.0. The average molecular weight is 328 g/mol. The van der Waals surface area contributed by atoms with Crippen LogP contribution in [0, 0.1) is 0 Å². The van der Waals surface area contributed by atoms with Crippen LogP contribution in [-0.2, 0) is 23.7 Å². The van der Waals surface area contributed by atoms with E-state index in [0.717, 1.165) is 0 Å². The monoisotopic (exact) mass is 328 g/mol. The number of aliphatic hydroxyl groups is 1. The van der Waals surface area contributed by atoms with Crippen LogP contribution in [0.3, 0.4) is 0 Å². The Bertz CT molecular complexity index is 465. The molecule has 0 aromatic carbocycles. The molecule has 0 amide bonds. The molecule has 0 spiro atoms. The van der Waals surface area contributed by atoms with E-state index in [9.17, 15) is 18.3 Å². The van der Waals surface area contributed by atoms with Crippen molar-refractivity contribution in [2.24, 2.45) is 0 Å². The summed E-state index contributed by atoms with van der Waals surface area (Å²) in [6.45, 7) is 6.29. The van der Waals surface area contributed by atoms with E-state index in [1.807, 2.05) is 0 Å². The molecule has 0 aromatic heterocycles. The average Bonchev–Trinajstić information content (AvgIpc) is 2.91. The largest absolute Gasteiger partial charge is 0.446 e. The van der Waals surface area contributed by atoms with Gasteiger partial charge in [-0.25, -0.2) is 0 Å². The molecule has 0 saturated carbocycles. The Morgan fingerprint density at radius 1 is 0.909 bits per heavy atom. The highest BCUT2D eigenvalue weighted by Crippen LogP contribution is 2.51. The first kappa shape index (κ1) is 16.4. The molecule has 3 fully saturated rings. The molecule has 3 heterocycles. The van der Waals surface area contributed by atoms with Gasteiger partial charge in [-0.1, -0.05) is 0 Å². The summed E-state index contributed by atoms with van der Waals surface area (Å²) in [6.07, 6.45) is -9.76. The molecule has 0 aromatic rings. The molecule has 22 heavy (non-hydrogen) atoms. The van der Waals surface area contributed by atoms with E-state index >= 15 is 0 Å². The topological polar surface area (TPSA) is 66.4 Å². The van der Waals surface area contributed by atoms with Crippen LogP contribution in [0.25, 0.3) is 0 Å². The van der Waals surface area contributed by atoms with Crippen molar-refractivity contribution in [3.63, 3.8) is 0 Å². The van der Waals surface area contributed by atoms with Gasteiger partial charge in [-0.15, -0.1) is 0 Å². The predicted octanol–water partition coefficient (Wildman–Crippen LogP) is 1.31. The highest BCUT2D eigenvalue weighted by Gasteiger charge is 2.74. The summed E-state index contributed by atoms with van der Waals surface area (Å²) < 4.78 is 66.4. The third kappa shape index (κ3) is 2.44. The molecule has 0 bridgehead atoms. The lowest BCUT2D eigenvalue weighted by molar-refractivity contribution is -0.392. The fraction of sp³-hybridized carbons (Fsp3) is 1.00. The maximum atomic E-state index is 13.3. The van der Waals surface area contributed by atoms with E-state index in [2.05, 4.69) is 0 Å². The molecule has 0 radical (unpaired) electrons. The summed E-state index contributed by atoms with van der Waals surface area (Å²) in [4.78, 5) is 0. The molecule has 0 aliphatic carbocycles. The van der Waals surface area contributed by atoms with Crippen LogP contribution in [0.4, 0.5) is 13.2 Å². The zero-order chi connectivity index (χ0) is 16.6. The summed E-state index contributed by atoms with van der Waals surface area (Å²) in [5.41, 5.74) is 0. The fourth-order valence-corrected chi connectivity index (χ4v) is 3.07. The van der Waals surface area contributed by atoms with Gasteiger partial charge >= 0.3 is 6.18 Å². The van der Waals surface area contributed by atoms with Gasteiger partial charge in [-0.3, -0.25) is 0 Å². The normalized spacial score (nSPS) is 46.9.